The van der Waals surface area contributed by atoms with Gasteiger partial charge in [0.2, 0.25) is 15.8 Å². The molecular weight excluding hydrogens is 307 g/mol. The number of imidazole rings is 1. The van der Waals surface area contributed by atoms with Gasteiger partial charge in [0.25, 0.3) is 0 Å². The molecule has 0 amide bonds. The van der Waals surface area contributed by atoms with E-state index in [0.29, 0.717) is 3.97 Å². The van der Waals surface area contributed by atoms with Gasteiger partial charge in [0.05, 0.1) is 21.8 Å². The number of nitriles is 1. The summed E-state index contributed by atoms with van der Waals surface area (Å²) < 4.78 is 63.1. The molecule has 0 fully saturated rings. The second-order valence-corrected chi connectivity index (χ2v) is 6.94. The molecule has 112 valence electrons. The summed E-state index contributed by atoms with van der Waals surface area (Å²) in [5, 5.41) is 8.13. The number of alkyl halides is 3. The van der Waals surface area contributed by atoms with Gasteiger partial charge in [-0.1, -0.05) is 0 Å². The zero-order chi connectivity index (χ0) is 16.0. The Morgan fingerprint density at radius 3 is 2.43 bits per heavy atom. The van der Waals surface area contributed by atoms with Gasteiger partial charge in [0, 0.05) is 0 Å². The van der Waals surface area contributed by atoms with E-state index in [0.717, 1.165) is 18.2 Å². The predicted octanol–water partition coefficient (Wildman–Crippen LogP) is 2.51. The monoisotopic (exact) mass is 317 g/mol. The summed E-state index contributed by atoms with van der Waals surface area (Å²) in [7, 11) is -3.90. The number of halogens is 3. The number of nitrogens with zero attached hydrogens (tertiary/aromatic N) is 3. The fourth-order valence-electron chi connectivity index (χ4n) is 1.77. The quantitative estimate of drug-likeness (QED) is 0.853. The second kappa shape index (κ2) is 4.73. The lowest BCUT2D eigenvalue weighted by atomic mass is 10.2. The smallest absolute Gasteiger partial charge is 0.218 e. The Labute approximate surface area is 118 Å². The minimum atomic E-state index is -4.57. The van der Waals surface area contributed by atoms with Gasteiger partial charge in [0.1, 0.15) is 6.07 Å². The van der Waals surface area contributed by atoms with E-state index >= 15 is 0 Å². The van der Waals surface area contributed by atoms with Crippen molar-refractivity contribution < 1.29 is 21.6 Å². The zero-order valence-electron chi connectivity index (χ0n) is 11.0. The molecule has 2 aromatic rings. The highest BCUT2D eigenvalue weighted by molar-refractivity contribution is 7.90. The number of benzene rings is 1. The van der Waals surface area contributed by atoms with Crippen molar-refractivity contribution in [2.24, 2.45) is 0 Å². The van der Waals surface area contributed by atoms with Crippen molar-refractivity contribution in [2.45, 2.75) is 25.3 Å². The van der Waals surface area contributed by atoms with Crippen LogP contribution in [0.5, 0.6) is 0 Å². The first-order valence-corrected chi connectivity index (χ1v) is 7.33. The van der Waals surface area contributed by atoms with Gasteiger partial charge in [0.15, 0.2) is 0 Å². The lowest BCUT2D eigenvalue weighted by Crippen LogP contribution is -2.23. The molecule has 0 aliphatic carbocycles. The predicted molar refractivity (Wildman–Crippen MR) is 68.9 cm³/mol. The largest absolute Gasteiger partial charge is 0.416 e. The van der Waals surface area contributed by atoms with Crippen molar-refractivity contribution in [1.29, 1.82) is 5.26 Å². The molecule has 1 aromatic carbocycles. The number of hydrogen-bond donors (Lipinski definition) is 0. The maximum Gasteiger partial charge on any atom is 0.416 e. The van der Waals surface area contributed by atoms with Gasteiger partial charge in [-0.25, -0.2) is 17.4 Å². The molecule has 9 heteroatoms. The van der Waals surface area contributed by atoms with Crippen molar-refractivity contribution >= 4 is 21.1 Å². The van der Waals surface area contributed by atoms with Gasteiger partial charge in [-0.15, -0.1) is 0 Å². The van der Waals surface area contributed by atoms with Crippen LogP contribution in [-0.4, -0.2) is 22.6 Å². The van der Waals surface area contributed by atoms with Crippen molar-refractivity contribution in [3.8, 4) is 6.07 Å². The van der Waals surface area contributed by atoms with E-state index < -0.39 is 32.8 Å². The molecule has 0 radical (unpaired) electrons. The van der Waals surface area contributed by atoms with Crippen LogP contribution in [0.1, 0.15) is 25.2 Å². The highest BCUT2D eigenvalue weighted by atomic mass is 32.2. The van der Waals surface area contributed by atoms with Crippen LogP contribution in [-0.2, 0) is 16.2 Å². The summed E-state index contributed by atoms with van der Waals surface area (Å²) in [4.78, 5) is 3.68. The zero-order valence-corrected chi connectivity index (χ0v) is 11.8. The van der Waals surface area contributed by atoms with Gasteiger partial charge >= 0.3 is 6.18 Å². The molecule has 0 saturated heterocycles. The minimum absolute atomic E-state index is 0.0479. The Morgan fingerprint density at radius 2 is 1.95 bits per heavy atom. The minimum Gasteiger partial charge on any atom is -0.218 e. The average Bonchev–Trinajstić information content (AvgIpc) is 2.75. The van der Waals surface area contributed by atoms with Crippen LogP contribution in [0.4, 0.5) is 13.2 Å². The van der Waals surface area contributed by atoms with Crippen LogP contribution < -0.4 is 0 Å². The lowest BCUT2D eigenvalue weighted by Gasteiger charge is -2.11. The summed E-state index contributed by atoms with van der Waals surface area (Å²) in [5.41, 5.74) is -1.19. The lowest BCUT2D eigenvalue weighted by molar-refractivity contribution is -0.137. The second-order valence-electron chi connectivity index (χ2n) is 4.61. The Bertz CT molecular complexity index is 845. The van der Waals surface area contributed by atoms with Crippen LogP contribution in [0.2, 0.25) is 0 Å². The maximum absolute atomic E-state index is 12.6. The van der Waals surface area contributed by atoms with Crippen molar-refractivity contribution in [3.63, 3.8) is 0 Å². The number of fused-ring (bicyclic) bond motifs is 1. The molecule has 0 N–H and O–H groups in total. The fraction of sp³-hybridized carbons (Fsp3) is 0.333. The van der Waals surface area contributed by atoms with E-state index in [9.17, 15) is 21.6 Å². The Balaban J connectivity index is 2.83. The third-order valence-electron chi connectivity index (χ3n) is 2.89. The summed E-state index contributed by atoms with van der Waals surface area (Å²) in [6.45, 7) is 2.82. The molecule has 0 atom stereocenters. The van der Waals surface area contributed by atoms with E-state index in [4.69, 9.17) is 5.26 Å². The SMILES string of the molecule is CC(C)S(=O)(=O)n1c(C#N)nc2cc(C(F)(F)F)ccc21. The van der Waals surface area contributed by atoms with Crippen LogP contribution in [0.25, 0.3) is 11.0 Å². The van der Waals surface area contributed by atoms with Gasteiger partial charge in [-0.2, -0.15) is 18.4 Å². The maximum atomic E-state index is 12.6. The molecule has 2 rings (SSSR count). The van der Waals surface area contributed by atoms with E-state index in [1.165, 1.54) is 13.8 Å². The van der Waals surface area contributed by atoms with Crippen LogP contribution >= 0.6 is 0 Å². The highest BCUT2D eigenvalue weighted by Crippen LogP contribution is 2.32. The van der Waals surface area contributed by atoms with E-state index in [1.54, 1.807) is 6.07 Å². The van der Waals surface area contributed by atoms with Crippen molar-refractivity contribution in [2.75, 3.05) is 0 Å². The Kier molecular flexibility index (Phi) is 3.45. The van der Waals surface area contributed by atoms with Crippen LogP contribution in [0.3, 0.4) is 0 Å². The number of rotatable bonds is 2. The van der Waals surface area contributed by atoms with Gasteiger partial charge in [-0.05, 0) is 32.0 Å². The molecule has 5 nitrogen and oxygen atoms in total. The molecule has 0 spiro atoms. The summed E-state index contributed by atoms with van der Waals surface area (Å²) in [5.74, 6) is -0.460. The number of aromatic nitrogens is 2. The third kappa shape index (κ3) is 2.47. The average molecular weight is 317 g/mol. The summed E-state index contributed by atoms with van der Waals surface area (Å²) in [6.07, 6.45) is -4.57. The normalized spacial score (nSPS) is 12.8. The molecular formula is C12H10F3N3O2S. The molecule has 0 unspecified atom stereocenters. The molecule has 0 aliphatic rings. The van der Waals surface area contributed by atoms with Crippen molar-refractivity contribution in [1.82, 2.24) is 8.96 Å². The summed E-state index contributed by atoms with van der Waals surface area (Å²) in [6, 6.07) is 4.09. The number of hydrogen-bond acceptors (Lipinski definition) is 4. The molecule has 21 heavy (non-hydrogen) atoms. The van der Waals surface area contributed by atoms with Gasteiger partial charge in [-0.3, -0.25) is 0 Å². The molecule has 0 saturated carbocycles. The third-order valence-corrected chi connectivity index (χ3v) is 4.96. The van der Waals surface area contributed by atoms with E-state index in [-0.39, 0.29) is 11.0 Å². The Hall–Kier alpha value is -2.08. The fourth-order valence-corrected chi connectivity index (χ4v) is 2.95. The van der Waals surface area contributed by atoms with E-state index in [1.807, 2.05) is 0 Å². The van der Waals surface area contributed by atoms with Gasteiger partial charge < -0.3 is 0 Å². The van der Waals surface area contributed by atoms with Crippen molar-refractivity contribution in [3.05, 3.63) is 29.6 Å². The first-order chi connectivity index (χ1) is 9.59. The first kappa shape index (κ1) is 15.3. The first-order valence-electron chi connectivity index (χ1n) is 5.83. The molecule has 0 aliphatic heterocycles. The molecule has 1 aromatic heterocycles. The van der Waals surface area contributed by atoms with Crippen LogP contribution in [0, 0.1) is 11.3 Å². The standard InChI is InChI=1S/C12H10F3N3O2S/c1-7(2)21(19,20)18-10-4-3-8(12(13,14)15)5-9(10)17-11(18)6-16/h3-5,7H,1-2H3. The molecule has 0 bridgehead atoms. The molecule has 1 heterocycles. The van der Waals surface area contributed by atoms with E-state index in [2.05, 4.69) is 4.98 Å². The highest BCUT2D eigenvalue weighted by Gasteiger charge is 2.32. The Morgan fingerprint density at radius 1 is 1.33 bits per heavy atom. The topological polar surface area (TPSA) is 75.8 Å². The summed E-state index contributed by atoms with van der Waals surface area (Å²) >= 11 is 0. The van der Waals surface area contributed by atoms with Crippen LogP contribution in [0.15, 0.2) is 18.2 Å².